The summed E-state index contributed by atoms with van der Waals surface area (Å²) >= 11 is 0. The van der Waals surface area contributed by atoms with Gasteiger partial charge < -0.3 is 5.11 Å². The normalized spacial score (nSPS) is 14.2. The number of alkyl halides is 1. The lowest BCUT2D eigenvalue weighted by Crippen LogP contribution is -2.25. The zero-order chi connectivity index (χ0) is 11.3. The molecule has 15 heavy (non-hydrogen) atoms. The maximum Gasteiger partial charge on any atom is 0.310 e. The molecule has 2 unspecified atom stereocenters. The van der Waals surface area contributed by atoms with Crippen LogP contribution < -0.4 is 0 Å². The number of allylic oxidation sites excluding steroid dienone is 1. The lowest BCUT2D eigenvalue weighted by atomic mass is 9.95. The molecule has 3 heteroatoms. The molecule has 0 saturated carbocycles. The summed E-state index contributed by atoms with van der Waals surface area (Å²) in [7, 11) is 0. The third-order valence-electron chi connectivity index (χ3n) is 2.23. The highest BCUT2D eigenvalue weighted by Gasteiger charge is 2.25. The van der Waals surface area contributed by atoms with Gasteiger partial charge in [0.2, 0.25) is 0 Å². The molecular formula is C12H13FO2. The Balaban J connectivity index is 2.76. The summed E-state index contributed by atoms with van der Waals surface area (Å²) in [4.78, 5) is 10.8. The number of hydrogen-bond acceptors (Lipinski definition) is 1. The van der Waals surface area contributed by atoms with Crippen molar-refractivity contribution in [3.63, 3.8) is 0 Å². The predicted octanol–water partition coefficient (Wildman–Crippen LogP) is 2.45. The topological polar surface area (TPSA) is 37.3 Å². The first-order chi connectivity index (χ1) is 7.15. The highest BCUT2D eigenvalue weighted by Crippen LogP contribution is 2.16. The minimum Gasteiger partial charge on any atom is -0.481 e. The van der Waals surface area contributed by atoms with Gasteiger partial charge >= 0.3 is 5.97 Å². The van der Waals surface area contributed by atoms with Crippen molar-refractivity contribution in [2.75, 3.05) is 0 Å². The van der Waals surface area contributed by atoms with Gasteiger partial charge in [-0.1, -0.05) is 36.4 Å². The number of hydrogen-bond donors (Lipinski definition) is 1. The smallest absolute Gasteiger partial charge is 0.310 e. The van der Waals surface area contributed by atoms with E-state index in [1.54, 1.807) is 24.3 Å². The molecule has 0 bridgehead atoms. The lowest BCUT2D eigenvalue weighted by molar-refractivity contribution is -0.143. The lowest BCUT2D eigenvalue weighted by Gasteiger charge is -2.13. The Bertz CT molecular complexity index is 335. The standard InChI is InChI=1S/C12H13FO2/c1-2-11(13)10(12(14)15)8-9-6-4-3-5-7-9/h2-7,10-11H,1,8H2,(H,14,15). The van der Waals surface area contributed by atoms with Gasteiger partial charge in [-0.2, -0.15) is 0 Å². The van der Waals surface area contributed by atoms with E-state index < -0.39 is 18.1 Å². The van der Waals surface area contributed by atoms with Crippen molar-refractivity contribution < 1.29 is 14.3 Å². The van der Waals surface area contributed by atoms with Crippen molar-refractivity contribution in [3.05, 3.63) is 48.6 Å². The number of benzene rings is 1. The summed E-state index contributed by atoms with van der Waals surface area (Å²) in [5.74, 6) is -2.18. The number of carbonyl (C=O) groups is 1. The van der Waals surface area contributed by atoms with Crippen molar-refractivity contribution in [1.29, 1.82) is 0 Å². The third kappa shape index (κ3) is 3.20. The molecule has 2 atom stereocenters. The van der Waals surface area contributed by atoms with Crippen LogP contribution in [0.5, 0.6) is 0 Å². The fraction of sp³-hybridized carbons (Fsp3) is 0.250. The van der Waals surface area contributed by atoms with Crippen molar-refractivity contribution in [3.8, 4) is 0 Å². The Morgan fingerprint density at radius 2 is 2.07 bits per heavy atom. The van der Waals surface area contributed by atoms with Gasteiger partial charge in [-0.3, -0.25) is 4.79 Å². The van der Waals surface area contributed by atoms with Crippen LogP contribution in [-0.4, -0.2) is 17.2 Å². The van der Waals surface area contributed by atoms with Gasteiger partial charge in [0.15, 0.2) is 0 Å². The number of halogens is 1. The highest BCUT2D eigenvalue weighted by atomic mass is 19.1. The summed E-state index contributed by atoms with van der Waals surface area (Å²) in [6, 6.07) is 9.00. The average Bonchev–Trinajstić information content (AvgIpc) is 2.26. The molecule has 0 spiro atoms. The Morgan fingerprint density at radius 1 is 1.47 bits per heavy atom. The molecule has 0 saturated heterocycles. The van der Waals surface area contributed by atoms with Gasteiger partial charge in [-0.15, -0.1) is 6.58 Å². The van der Waals surface area contributed by atoms with Gasteiger partial charge in [-0.05, 0) is 12.0 Å². The van der Waals surface area contributed by atoms with E-state index in [1.807, 2.05) is 6.07 Å². The Kier molecular flexibility index (Phi) is 4.03. The van der Waals surface area contributed by atoms with Crippen LogP contribution >= 0.6 is 0 Å². The first-order valence-electron chi connectivity index (χ1n) is 4.68. The number of carboxylic acid groups (broad SMARTS) is 1. The molecule has 0 aliphatic heterocycles. The van der Waals surface area contributed by atoms with Crippen molar-refractivity contribution >= 4 is 5.97 Å². The molecule has 1 N–H and O–H groups in total. The number of carboxylic acids is 1. The number of aliphatic carboxylic acids is 1. The largest absolute Gasteiger partial charge is 0.481 e. The van der Waals surface area contributed by atoms with Crippen LogP contribution in [0.4, 0.5) is 4.39 Å². The summed E-state index contributed by atoms with van der Waals surface area (Å²) in [5.41, 5.74) is 0.814. The van der Waals surface area contributed by atoms with Crippen molar-refractivity contribution in [2.45, 2.75) is 12.6 Å². The third-order valence-corrected chi connectivity index (χ3v) is 2.23. The van der Waals surface area contributed by atoms with Crippen molar-refractivity contribution in [1.82, 2.24) is 0 Å². The SMILES string of the molecule is C=CC(F)C(Cc1ccccc1)C(=O)O. The molecule has 2 nitrogen and oxygen atoms in total. The Labute approximate surface area is 88.1 Å². The molecule has 80 valence electrons. The molecular weight excluding hydrogens is 195 g/mol. The monoisotopic (exact) mass is 208 g/mol. The summed E-state index contributed by atoms with van der Waals surface area (Å²) in [6.45, 7) is 3.27. The average molecular weight is 208 g/mol. The summed E-state index contributed by atoms with van der Waals surface area (Å²) < 4.78 is 13.2. The van der Waals surface area contributed by atoms with Crippen LogP contribution in [0.25, 0.3) is 0 Å². The van der Waals surface area contributed by atoms with Crippen LogP contribution in [0.3, 0.4) is 0 Å². The highest BCUT2D eigenvalue weighted by molar-refractivity contribution is 5.71. The van der Waals surface area contributed by atoms with Crippen LogP contribution in [0, 0.1) is 5.92 Å². The van der Waals surface area contributed by atoms with E-state index in [2.05, 4.69) is 6.58 Å². The maximum atomic E-state index is 13.2. The molecule has 1 aromatic carbocycles. The van der Waals surface area contributed by atoms with Crippen LogP contribution in [0.15, 0.2) is 43.0 Å². The molecule has 0 amide bonds. The van der Waals surface area contributed by atoms with Crippen molar-refractivity contribution in [2.24, 2.45) is 5.92 Å². The van der Waals surface area contributed by atoms with E-state index >= 15 is 0 Å². The maximum absolute atomic E-state index is 13.2. The minimum atomic E-state index is -1.51. The fourth-order valence-corrected chi connectivity index (χ4v) is 1.37. The molecule has 1 aromatic rings. The molecule has 1 rings (SSSR count). The Morgan fingerprint density at radius 3 is 2.53 bits per heavy atom. The van der Waals surface area contributed by atoms with E-state index in [4.69, 9.17) is 5.11 Å². The van der Waals surface area contributed by atoms with E-state index in [0.717, 1.165) is 11.6 Å². The van der Waals surface area contributed by atoms with Gasteiger partial charge in [0, 0.05) is 0 Å². The first-order valence-corrected chi connectivity index (χ1v) is 4.68. The quantitative estimate of drug-likeness (QED) is 0.755. The zero-order valence-electron chi connectivity index (χ0n) is 8.27. The molecule has 0 fully saturated rings. The second-order valence-electron chi connectivity index (χ2n) is 3.31. The van der Waals surface area contributed by atoms with Gasteiger partial charge in [0.25, 0.3) is 0 Å². The van der Waals surface area contributed by atoms with Crippen LogP contribution in [-0.2, 0) is 11.2 Å². The Hall–Kier alpha value is -1.64. The molecule has 0 aliphatic carbocycles. The van der Waals surface area contributed by atoms with E-state index in [0.29, 0.717) is 0 Å². The van der Waals surface area contributed by atoms with Crippen LogP contribution in [0.1, 0.15) is 5.56 Å². The second kappa shape index (κ2) is 5.29. The molecule has 0 radical (unpaired) electrons. The summed E-state index contributed by atoms with van der Waals surface area (Å²) in [6.07, 6.45) is -0.298. The molecule has 0 aliphatic rings. The number of rotatable bonds is 5. The van der Waals surface area contributed by atoms with Gasteiger partial charge in [0.1, 0.15) is 6.17 Å². The zero-order valence-corrected chi connectivity index (χ0v) is 8.27. The summed E-state index contributed by atoms with van der Waals surface area (Å²) in [5, 5.41) is 8.85. The van der Waals surface area contributed by atoms with E-state index in [9.17, 15) is 9.18 Å². The van der Waals surface area contributed by atoms with Gasteiger partial charge in [0.05, 0.1) is 5.92 Å². The van der Waals surface area contributed by atoms with Crippen LogP contribution in [0.2, 0.25) is 0 Å². The molecule has 0 heterocycles. The predicted molar refractivity (Wildman–Crippen MR) is 56.4 cm³/mol. The minimum absolute atomic E-state index is 0.184. The van der Waals surface area contributed by atoms with Gasteiger partial charge in [-0.25, -0.2) is 4.39 Å². The second-order valence-corrected chi connectivity index (χ2v) is 3.31. The molecule has 0 aromatic heterocycles. The fourth-order valence-electron chi connectivity index (χ4n) is 1.37. The first kappa shape index (κ1) is 11.4. The van der Waals surface area contributed by atoms with E-state index in [-0.39, 0.29) is 6.42 Å². The van der Waals surface area contributed by atoms with E-state index in [1.165, 1.54) is 0 Å².